The van der Waals surface area contributed by atoms with E-state index in [1.165, 1.54) is 5.56 Å². The first-order valence-corrected chi connectivity index (χ1v) is 9.55. The van der Waals surface area contributed by atoms with Gasteiger partial charge in [0.05, 0.1) is 0 Å². The molecule has 0 radical (unpaired) electrons. The van der Waals surface area contributed by atoms with Crippen LogP contribution in [0, 0.1) is 0 Å². The number of hydrogen-bond acceptors (Lipinski definition) is 2. The largest absolute Gasteiger partial charge is 0.338 e. The summed E-state index contributed by atoms with van der Waals surface area (Å²) in [6.07, 6.45) is 4.42. The van der Waals surface area contributed by atoms with Crippen molar-refractivity contribution < 1.29 is 4.79 Å². The second kappa shape index (κ2) is 8.41. The van der Waals surface area contributed by atoms with E-state index in [4.69, 9.17) is 11.6 Å². The van der Waals surface area contributed by atoms with E-state index in [9.17, 15) is 4.79 Å². The topological polar surface area (TPSA) is 20.3 Å². The van der Waals surface area contributed by atoms with Crippen LogP contribution in [0.4, 0.5) is 0 Å². The predicted octanol–water partition coefficient (Wildman–Crippen LogP) is 5.06. The zero-order valence-electron chi connectivity index (χ0n) is 13.4. The molecular weight excluding hydrogens is 338 g/mol. The lowest BCUT2D eigenvalue weighted by atomic mass is 10.1. The lowest BCUT2D eigenvalue weighted by Crippen LogP contribution is -2.31. The van der Waals surface area contributed by atoms with Crippen molar-refractivity contribution in [2.75, 3.05) is 18.8 Å². The van der Waals surface area contributed by atoms with Gasteiger partial charge in [0.1, 0.15) is 0 Å². The number of nitrogens with zero attached hydrogens (tertiary/aromatic N) is 1. The highest BCUT2D eigenvalue weighted by Crippen LogP contribution is 2.34. The number of carbonyl (C=O) groups excluding carboxylic acids is 1. The highest BCUT2D eigenvalue weighted by Gasteiger charge is 2.20. The molecule has 1 fully saturated rings. The Labute approximate surface area is 152 Å². The quantitative estimate of drug-likeness (QED) is 0.715. The fraction of sp³-hybridized carbons (Fsp3) is 0.250. The summed E-state index contributed by atoms with van der Waals surface area (Å²) in [7, 11) is 0. The van der Waals surface area contributed by atoms with Gasteiger partial charge in [-0.1, -0.05) is 60.1 Å². The van der Waals surface area contributed by atoms with Gasteiger partial charge < -0.3 is 4.90 Å². The smallest absolute Gasteiger partial charge is 0.246 e. The minimum absolute atomic E-state index is 0.0595. The van der Waals surface area contributed by atoms with Gasteiger partial charge in [0, 0.05) is 35.2 Å². The molecule has 3 rings (SSSR count). The lowest BCUT2D eigenvalue weighted by molar-refractivity contribution is -0.125. The minimum Gasteiger partial charge on any atom is -0.338 e. The number of halogens is 1. The van der Waals surface area contributed by atoms with Crippen LogP contribution in [0.2, 0.25) is 5.02 Å². The Kier molecular flexibility index (Phi) is 6.00. The Hall–Kier alpha value is -1.71. The third-order valence-corrected chi connectivity index (χ3v) is 5.81. The predicted molar refractivity (Wildman–Crippen MR) is 103 cm³/mol. The fourth-order valence-electron chi connectivity index (χ4n) is 2.80. The molecule has 0 bridgehead atoms. The number of carbonyl (C=O) groups is 1. The Morgan fingerprint density at radius 1 is 1.08 bits per heavy atom. The molecule has 1 heterocycles. The summed E-state index contributed by atoms with van der Waals surface area (Å²) in [4.78, 5) is 14.4. The monoisotopic (exact) mass is 357 g/mol. The van der Waals surface area contributed by atoms with Gasteiger partial charge in [0.15, 0.2) is 0 Å². The molecule has 2 aromatic carbocycles. The third-order valence-electron chi connectivity index (χ3n) is 4.14. The van der Waals surface area contributed by atoms with E-state index in [1.807, 2.05) is 47.0 Å². The molecule has 0 aliphatic carbocycles. The summed E-state index contributed by atoms with van der Waals surface area (Å²) in [5, 5.41) is 1.13. The molecule has 2 aromatic rings. The standard InChI is InChI=1S/C20H20ClNOS/c21-18-9-5-4-6-16(18)10-11-20(23)22-13-12-19(24-15-14-22)17-7-2-1-3-8-17/h1-11,19H,12-15H2/b11-10+/t19-/m1/s1. The highest BCUT2D eigenvalue weighted by atomic mass is 35.5. The van der Waals surface area contributed by atoms with Gasteiger partial charge >= 0.3 is 0 Å². The average molecular weight is 358 g/mol. The van der Waals surface area contributed by atoms with Crippen LogP contribution in [0.5, 0.6) is 0 Å². The Balaban J connectivity index is 1.61. The second-order valence-corrected chi connectivity index (χ2v) is 7.46. The van der Waals surface area contributed by atoms with Crippen molar-refractivity contribution in [3.8, 4) is 0 Å². The summed E-state index contributed by atoms with van der Waals surface area (Å²) < 4.78 is 0. The zero-order chi connectivity index (χ0) is 16.8. The van der Waals surface area contributed by atoms with E-state index in [2.05, 4.69) is 24.3 Å². The van der Waals surface area contributed by atoms with Crippen LogP contribution >= 0.6 is 23.4 Å². The molecule has 1 aliphatic heterocycles. The van der Waals surface area contributed by atoms with Crippen molar-refractivity contribution in [3.63, 3.8) is 0 Å². The van der Waals surface area contributed by atoms with Gasteiger partial charge in [0.25, 0.3) is 0 Å². The molecule has 1 saturated heterocycles. The van der Waals surface area contributed by atoms with Gasteiger partial charge in [-0.15, -0.1) is 0 Å². The molecular formula is C20H20ClNOS. The lowest BCUT2D eigenvalue weighted by Gasteiger charge is -2.18. The Morgan fingerprint density at radius 2 is 1.83 bits per heavy atom. The molecule has 0 spiro atoms. The molecule has 124 valence electrons. The van der Waals surface area contributed by atoms with E-state index in [0.717, 1.165) is 30.8 Å². The van der Waals surface area contributed by atoms with Crippen molar-refractivity contribution in [2.45, 2.75) is 11.7 Å². The maximum atomic E-state index is 12.5. The van der Waals surface area contributed by atoms with Crippen molar-refractivity contribution in [1.29, 1.82) is 0 Å². The molecule has 24 heavy (non-hydrogen) atoms. The first-order chi connectivity index (χ1) is 11.7. The van der Waals surface area contributed by atoms with Crippen LogP contribution < -0.4 is 0 Å². The number of amides is 1. The summed E-state index contributed by atoms with van der Waals surface area (Å²) in [6, 6.07) is 18.1. The number of hydrogen-bond donors (Lipinski definition) is 0. The van der Waals surface area contributed by atoms with Gasteiger partial charge in [-0.05, 0) is 29.7 Å². The molecule has 0 aromatic heterocycles. The van der Waals surface area contributed by atoms with E-state index in [-0.39, 0.29) is 5.91 Å². The summed E-state index contributed by atoms with van der Waals surface area (Å²) in [5.41, 5.74) is 2.22. The average Bonchev–Trinajstić information content (AvgIpc) is 2.88. The highest BCUT2D eigenvalue weighted by molar-refractivity contribution is 7.99. The van der Waals surface area contributed by atoms with Crippen molar-refractivity contribution in [3.05, 3.63) is 76.8 Å². The second-order valence-electron chi connectivity index (χ2n) is 5.74. The summed E-state index contributed by atoms with van der Waals surface area (Å²) >= 11 is 8.06. The molecule has 1 aliphatic rings. The van der Waals surface area contributed by atoms with E-state index in [0.29, 0.717) is 10.3 Å². The summed E-state index contributed by atoms with van der Waals surface area (Å²) in [6.45, 7) is 1.58. The van der Waals surface area contributed by atoms with E-state index >= 15 is 0 Å². The number of rotatable bonds is 3. The van der Waals surface area contributed by atoms with Crippen LogP contribution in [0.15, 0.2) is 60.7 Å². The third kappa shape index (κ3) is 4.43. The van der Waals surface area contributed by atoms with Gasteiger partial charge in [-0.25, -0.2) is 0 Å². The SMILES string of the molecule is O=C(/C=C/c1ccccc1Cl)N1CCS[C@@H](c2ccccc2)CC1. The molecule has 1 amide bonds. The van der Waals surface area contributed by atoms with E-state index in [1.54, 1.807) is 12.2 Å². The Bertz CT molecular complexity index is 717. The normalized spacial score (nSPS) is 18.5. The molecule has 2 nitrogen and oxygen atoms in total. The van der Waals surface area contributed by atoms with E-state index < -0.39 is 0 Å². The van der Waals surface area contributed by atoms with Crippen LogP contribution in [0.1, 0.15) is 22.8 Å². The zero-order valence-corrected chi connectivity index (χ0v) is 15.0. The maximum absolute atomic E-state index is 12.5. The van der Waals surface area contributed by atoms with Crippen LogP contribution in [-0.2, 0) is 4.79 Å². The number of thioether (sulfide) groups is 1. The fourth-order valence-corrected chi connectivity index (χ4v) is 4.23. The van der Waals surface area contributed by atoms with Crippen molar-refractivity contribution in [2.24, 2.45) is 0 Å². The first kappa shape index (κ1) is 17.1. The molecule has 0 saturated carbocycles. The Morgan fingerprint density at radius 3 is 2.62 bits per heavy atom. The number of benzene rings is 2. The van der Waals surface area contributed by atoms with Crippen molar-refractivity contribution in [1.82, 2.24) is 4.90 Å². The van der Waals surface area contributed by atoms with Crippen LogP contribution in [0.25, 0.3) is 6.08 Å². The molecule has 4 heteroatoms. The van der Waals surface area contributed by atoms with Gasteiger partial charge in [-0.2, -0.15) is 11.8 Å². The van der Waals surface area contributed by atoms with Crippen LogP contribution in [0.3, 0.4) is 0 Å². The first-order valence-electron chi connectivity index (χ1n) is 8.12. The minimum atomic E-state index is 0.0595. The van der Waals surface area contributed by atoms with Crippen molar-refractivity contribution >= 4 is 35.3 Å². The van der Waals surface area contributed by atoms with Gasteiger partial charge in [-0.3, -0.25) is 4.79 Å². The molecule has 0 unspecified atom stereocenters. The van der Waals surface area contributed by atoms with Crippen LogP contribution in [-0.4, -0.2) is 29.6 Å². The molecule has 1 atom stereocenters. The van der Waals surface area contributed by atoms with Gasteiger partial charge in [0.2, 0.25) is 5.91 Å². The molecule has 0 N–H and O–H groups in total. The maximum Gasteiger partial charge on any atom is 0.246 e. The summed E-state index contributed by atoms with van der Waals surface area (Å²) in [5.74, 6) is 1.02.